The number of carbonyl (C=O) groups is 1. The van der Waals surface area contributed by atoms with Crippen molar-refractivity contribution in [3.05, 3.63) is 39.3 Å². The van der Waals surface area contributed by atoms with E-state index in [4.69, 9.17) is 5.11 Å². The van der Waals surface area contributed by atoms with Gasteiger partial charge in [0.15, 0.2) is 0 Å². The van der Waals surface area contributed by atoms with Crippen LogP contribution >= 0.6 is 11.3 Å². The molecule has 0 saturated heterocycles. The van der Waals surface area contributed by atoms with Gasteiger partial charge in [0, 0.05) is 17.8 Å². The van der Waals surface area contributed by atoms with Gasteiger partial charge in [-0.15, -0.1) is 11.3 Å². The Labute approximate surface area is 120 Å². The van der Waals surface area contributed by atoms with E-state index in [9.17, 15) is 9.59 Å². The van der Waals surface area contributed by atoms with Gasteiger partial charge in [-0.2, -0.15) is 0 Å². The second-order valence-electron chi connectivity index (χ2n) is 5.11. The zero-order chi connectivity index (χ0) is 15.0. The summed E-state index contributed by atoms with van der Waals surface area (Å²) in [6.45, 7) is 9.90. The average molecular weight is 292 g/mol. The van der Waals surface area contributed by atoms with Gasteiger partial charge in [0.1, 0.15) is 10.7 Å². The summed E-state index contributed by atoms with van der Waals surface area (Å²) in [6, 6.07) is 0. The molecular weight excluding hydrogens is 276 g/mol. The largest absolute Gasteiger partial charge is 0.478 e. The van der Waals surface area contributed by atoms with Crippen molar-refractivity contribution in [1.82, 2.24) is 9.55 Å². The summed E-state index contributed by atoms with van der Waals surface area (Å²) in [4.78, 5) is 28.7. The van der Waals surface area contributed by atoms with Gasteiger partial charge in [0.05, 0.1) is 10.9 Å². The first-order valence-corrected chi connectivity index (χ1v) is 7.10. The molecule has 0 unspecified atom stereocenters. The van der Waals surface area contributed by atoms with Crippen LogP contribution in [0.5, 0.6) is 0 Å². The van der Waals surface area contributed by atoms with Crippen molar-refractivity contribution in [3.63, 3.8) is 0 Å². The van der Waals surface area contributed by atoms with Crippen molar-refractivity contribution in [1.29, 1.82) is 0 Å². The molecule has 2 heterocycles. The number of nitrogens with zero attached hydrogens (tertiary/aromatic N) is 2. The monoisotopic (exact) mass is 292 g/mol. The second kappa shape index (κ2) is 5.20. The number of aromatic carboxylic acids is 1. The lowest BCUT2D eigenvalue weighted by Gasteiger charge is -2.14. The summed E-state index contributed by atoms with van der Waals surface area (Å²) in [5.74, 6) is -0.375. The molecule has 0 aliphatic rings. The van der Waals surface area contributed by atoms with Crippen LogP contribution in [0.15, 0.2) is 22.3 Å². The molecule has 0 aliphatic carbocycles. The predicted octanol–water partition coefficient (Wildman–Crippen LogP) is 2.86. The maximum Gasteiger partial charge on any atom is 0.337 e. The highest BCUT2D eigenvalue weighted by Gasteiger charge is 2.20. The lowest BCUT2D eigenvalue weighted by molar-refractivity contribution is 0.0699. The number of thiophene rings is 1. The molecular formula is C14H16N2O3S. The molecule has 20 heavy (non-hydrogen) atoms. The number of fused-ring (bicyclic) bond motifs is 1. The number of carboxylic acids is 1. The van der Waals surface area contributed by atoms with Gasteiger partial charge in [-0.25, -0.2) is 9.78 Å². The van der Waals surface area contributed by atoms with Gasteiger partial charge in [-0.05, 0) is 6.92 Å². The SMILES string of the molecule is C=C(C)Cn1c(C(C)C)nc2scc(C(=O)O)c2c1=O. The highest BCUT2D eigenvalue weighted by Crippen LogP contribution is 2.24. The molecule has 0 saturated carbocycles. The minimum atomic E-state index is -1.10. The molecule has 2 aromatic heterocycles. The number of hydrogen-bond donors (Lipinski definition) is 1. The first kappa shape index (κ1) is 14.5. The fraction of sp³-hybridized carbons (Fsp3) is 0.357. The zero-order valence-electron chi connectivity index (χ0n) is 11.6. The summed E-state index contributed by atoms with van der Waals surface area (Å²) in [6.07, 6.45) is 0. The highest BCUT2D eigenvalue weighted by atomic mass is 32.1. The number of allylic oxidation sites excluding steroid dienone is 1. The van der Waals surface area contributed by atoms with Gasteiger partial charge in [0.25, 0.3) is 5.56 Å². The van der Waals surface area contributed by atoms with E-state index in [0.717, 1.165) is 5.57 Å². The molecule has 0 atom stereocenters. The van der Waals surface area contributed by atoms with Crippen LogP contribution in [0.25, 0.3) is 10.2 Å². The van der Waals surface area contributed by atoms with Crippen molar-refractivity contribution in [2.75, 3.05) is 0 Å². The van der Waals surface area contributed by atoms with Crippen LogP contribution in [0, 0.1) is 0 Å². The maximum atomic E-state index is 12.6. The van der Waals surface area contributed by atoms with E-state index in [1.54, 1.807) is 0 Å². The minimum absolute atomic E-state index is 0.0215. The topological polar surface area (TPSA) is 72.2 Å². The summed E-state index contributed by atoms with van der Waals surface area (Å²) >= 11 is 1.19. The van der Waals surface area contributed by atoms with Crippen LogP contribution in [0.3, 0.4) is 0 Å². The summed E-state index contributed by atoms with van der Waals surface area (Å²) < 4.78 is 1.52. The Balaban J connectivity index is 2.85. The Bertz CT molecular complexity index is 756. The Morgan fingerprint density at radius 2 is 2.20 bits per heavy atom. The molecule has 1 N–H and O–H groups in total. The Morgan fingerprint density at radius 1 is 1.55 bits per heavy atom. The molecule has 0 fully saturated rings. The van der Waals surface area contributed by atoms with Crippen LogP contribution in [-0.2, 0) is 6.54 Å². The Morgan fingerprint density at radius 3 is 2.70 bits per heavy atom. The first-order chi connectivity index (χ1) is 9.32. The fourth-order valence-electron chi connectivity index (χ4n) is 2.06. The average Bonchev–Trinajstić information content (AvgIpc) is 2.75. The summed E-state index contributed by atoms with van der Waals surface area (Å²) in [7, 11) is 0. The van der Waals surface area contributed by atoms with Crippen LogP contribution < -0.4 is 5.56 Å². The first-order valence-electron chi connectivity index (χ1n) is 6.22. The highest BCUT2D eigenvalue weighted by molar-refractivity contribution is 7.17. The molecule has 0 spiro atoms. The molecule has 5 nitrogen and oxygen atoms in total. The van der Waals surface area contributed by atoms with E-state index in [-0.39, 0.29) is 22.4 Å². The van der Waals surface area contributed by atoms with E-state index in [2.05, 4.69) is 11.6 Å². The van der Waals surface area contributed by atoms with Gasteiger partial charge < -0.3 is 5.11 Å². The normalized spacial score (nSPS) is 11.2. The van der Waals surface area contributed by atoms with Crippen LogP contribution in [0.1, 0.15) is 42.9 Å². The van der Waals surface area contributed by atoms with Crippen molar-refractivity contribution < 1.29 is 9.90 Å². The van der Waals surface area contributed by atoms with Crippen molar-refractivity contribution in [2.24, 2.45) is 0 Å². The Kier molecular flexibility index (Phi) is 3.76. The third kappa shape index (κ3) is 2.38. The van der Waals surface area contributed by atoms with E-state index >= 15 is 0 Å². The number of hydrogen-bond acceptors (Lipinski definition) is 4. The van der Waals surface area contributed by atoms with Crippen molar-refractivity contribution >= 4 is 27.5 Å². The molecule has 106 valence electrons. The molecule has 0 radical (unpaired) electrons. The zero-order valence-corrected chi connectivity index (χ0v) is 12.5. The Hall–Kier alpha value is -1.95. The van der Waals surface area contributed by atoms with Gasteiger partial charge in [-0.1, -0.05) is 26.0 Å². The molecule has 0 bridgehead atoms. The molecule has 0 aromatic carbocycles. The number of rotatable bonds is 4. The molecule has 2 rings (SSSR count). The molecule has 2 aromatic rings. The minimum Gasteiger partial charge on any atom is -0.478 e. The fourth-order valence-corrected chi connectivity index (χ4v) is 2.97. The quantitative estimate of drug-likeness (QED) is 0.879. The number of aromatic nitrogens is 2. The van der Waals surface area contributed by atoms with E-state index in [1.807, 2.05) is 20.8 Å². The molecule has 6 heteroatoms. The second-order valence-corrected chi connectivity index (χ2v) is 5.97. The lowest BCUT2D eigenvalue weighted by atomic mass is 10.1. The standard InChI is InChI=1S/C14H16N2O3S/c1-7(2)5-16-11(8(3)4)15-12-10(13(16)17)9(6-20-12)14(18)19/h6,8H,1,5H2,2-4H3,(H,18,19). The third-order valence-electron chi connectivity index (χ3n) is 2.90. The third-order valence-corrected chi connectivity index (χ3v) is 3.77. The summed E-state index contributed by atoms with van der Waals surface area (Å²) in [5.41, 5.74) is 0.538. The smallest absolute Gasteiger partial charge is 0.337 e. The van der Waals surface area contributed by atoms with E-state index in [0.29, 0.717) is 17.2 Å². The molecule has 0 aliphatic heterocycles. The van der Waals surface area contributed by atoms with Crippen LogP contribution in [-0.4, -0.2) is 20.6 Å². The number of carboxylic acid groups (broad SMARTS) is 1. The van der Waals surface area contributed by atoms with Crippen molar-refractivity contribution in [3.8, 4) is 0 Å². The lowest BCUT2D eigenvalue weighted by Crippen LogP contribution is -2.27. The van der Waals surface area contributed by atoms with Crippen LogP contribution in [0.4, 0.5) is 0 Å². The van der Waals surface area contributed by atoms with E-state index in [1.165, 1.54) is 21.3 Å². The van der Waals surface area contributed by atoms with Crippen LogP contribution in [0.2, 0.25) is 0 Å². The summed E-state index contributed by atoms with van der Waals surface area (Å²) in [5, 5.41) is 10.8. The van der Waals surface area contributed by atoms with Crippen molar-refractivity contribution in [2.45, 2.75) is 33.2 Å². The van der Waals surface area contributed by atoms with Gasteiger partial charge >= 0.3 is 5.97 Å². The molecule has 0 amide bonds. The van der Waals surface area contributed by atoms with Gasteiger partial charge in [0.2, 0.25) is 0 Å². The van der Waals surface area contributed by atoms with Gasteiger partial charge in [-0.3, -0.25) is 9.36 Å². The maximum absolute atomic E-state index is 12.6. The predicted molar refractivity (Wildman–Crippen MR) is 79.7 cm³/mol. The van der Waals surface area contributed by atoms with E-state index < -0.39 is 5.97 Å².